The van der Waals surface area contributed by atoms with Crippen LogP contribution in [0.25, 0.3) is 11.0 Å². The standard InChI is InChI=1S/C16H14N2O4/c1-22-14-9-5-2-6-11(14)10-17-12-7-3-4-8-13(12)18(21)16(20)15(17)19/h2-9,21H,10H2,1H3. The van der Waals surface area contributed by atoms with Gasteiger partial charge in [-0.15, -0.1) is 4.73 Å². The summed E-state index contributed by atoms with van der Waals surface area (Å²) in [5, 5.41) is 9.80. The predicted molar refractivity (Wildman–Crippen MR) is 81.7 cm³/mol. The lowest BCUT2D eigenvalue weighted by Gasteiger charge is -2.13. The van der Waals surface area contributed by atoms with Crippen LogP contribution in [0, 0.1) is 0 Å². The van der Waals surface area contributed by atoms with Crippen LogP contribution in [0.1, 0.15) is 5.56 Å². The first-order valence-corrected chi connectivity index (χ1v) is 6.69. The fraction of sp³-hybridized carbons (Fsp3) is 0.125. The third-order valence-corrected chi connectivity index (χ3v) is 3.54. The van der Waals surface area contributed by atoms with E-state index in [-0.39, 0.29) is 12.1 Å². The van der Waals surface area contributed by atoms with Crippen molar-refractivity contribution in [2.75, 3.05) is 7.11 Å². The summed E-state index contributed by atoms with van der Waals surface area (Å²) in [7, 11) is 1.55. The number of hydrogen-bond acceptors (Lipinski definition) is 4. The third-order valence-electron chi connectivity index (χ3n) is 3.54. The van der Waals surface area contributed by atoms with Gasteiger partial charge in [-0.05, 0) is 18.2 Å². The van der Waals surface area contributed by atoms with Crippen LogP contribution in [0.4, 0.5) is 0 Å². The molecule has 0 amide bonds. The minimum absolute atomic E-state index is 0.180. The number of hydrogen-bond donors (Lipinski definition) is 1. The van der Waals surface area contributed by atoms with Crippen LogP contribution in [0.3, 0.4) is 0 Å². The molecule has 0 aliphatic carbocycles. The average molecular weight is 298 g/mol. The van der Waals surface area contributed by atoms with Crippen molar-refractivity contribution in [1.82, 2.24) is 9.30 Å². The highest BCUT2D eigenvalue weighted by Crippen LogP contribution is 2.19. The molecule has 0 unspecified atom stereocenters. The Hall–Kier alpha value is -3.02. The van der Waals surface area contributed by atoms with E-state index in [1.54, 1.807) is 37.4 Å². The number of nitrogens with zero attached hydrogens (tertiary/aromatic N) is 2. The Morgan fingerprint density at radius 2 is 1.59 bits per heavy atom. The number of fused-ring (bicyclic) bond motifs is 1. The maximum Gasteiger partial charge on any atom is 0.349 e. The summed E-state index contributed by atoms with van der Waals surface area (Å²) in [6.07, 6.45) is 0. The molecule has 0 aliphatic rings. The maximum atomic E-state index is 12.2. The van der Waals surface area contributed by atoms with Crippen molar-refractivity contribution in [3.8, 4) is 5.75 Å². The Kier molecular flexibility index (Phi) is 3.42. The molecule has 3 aromatic rings. The van der Waals surface area contributed by atoms with E-state index < -0.39 is 11.1 Å². The number of rotatable bonds is 3. The molecule has 0 spiro atoms. The molecule has 2 aromatic carbocycles. The predicted octanol–water partition coefficient (Wildman–Crippen LogP) is 1.46. The second kappa shape index (κ2) is 5.40. The molecular formula is C16H14N2O4. The molecule has 112 valence electrons. The van der Waals surface area contributed by atoms with Gasteiger partial charge in [-0.25, -0.2) is 0 Å². The first-order valence-electron chi connectivity index (χ1n) is 6.69. The molecule has 3 rings (SSSR count). The zero-order valence-corrected chi connectivity index (χ0v) is 11.9. The number of benzene rings is 2. The molecule has 0 fully saturated rings. The van der Waals surface area contributed by atoms with E-state index in [1.807, 2.05) is 18.2 Å². The normalized spacial score (nSPS) is 10.8. The second-order valence-corrected chi connectivity index (χ2v) is 4.81. The molecular weight excluding hydrogens is 284 g/mol. The van der Waals surface area contributed by atoms with Crippen molar-refractivity contribution in [3.05, 3.63) is 74.8 Å². The molecule has 1 aromatic heterocycles. The van der Waals surface area contributed by atoms with E-state index in [0.717, 1.165) is 5.56 Å². The Labute approximate surface area is 125 Å². The molecule has 22 heavy (non-hydrogen) atoms. The first kappa shape index (κ1) is 13.9. The molecule has 6 nitrogen and oxygen atoms in total. The van der Waals surface area contributed by atoms with Gasteiger partial charge in [-0.1, -0.05) is 30.3 Å². The van der Waals surface area contributed by atoms with Gasteiger partial charge >= 0.3 is 11.1 Å². The SMILES string of the molecule is COc1ccccc1Cn1c(=O)c(=O)n(O)c2ccccc21. The molecule has 0 atom stereocenters. The van der Waals surface area contributed by atoms with Crippen LogP contribution in [-0.2, 0) is 6.54 Å². The van der Waals surface area contributed by atoms with E-state index in [4.69, 9.17) is 4.74 Å². The maximum absolute atomic E-state index is 12.2. The topological polar surface area (TPSA) is 73.5 Å². The summed E-state index contributed by atoms with van der Waals surface area (Å²) in [5.74, 6) is 0.631. The Morgan fingerprint density at radius 3 is 2.32 bits per heavy atom. The third kappa shape index (κ3) is 2.14. The van der Waals surface area contributed by atoms with Gasteiger partial charge in [0.05, 0.1) is 19.2 Å². The smallest absolute Gasteiger partial charge is 0.349 e. The van der Waals surface area contributed by atoms with Crippen molar-refractivity contribution in [1.29, 1.82) is 0 Å². The molecule has 0 aliphatic heterocycles. The van der Waals surface area contributed by atoms with Crippen molar-refractivity contribution in [2.24, 2.45) is 0 Å². The van der Waals surface area contributed by atoms with Gasteiger partial charge in [0.1, 0.15) is 11.3 Å². The van der Waals surface area contributed by atoms with Gasteiger partial charge in [0.25, 0.3) is 0 Å². The zero-order valence-electron chi connectivity index (χ0n) is 11.9. The zero-order chi connectivity index (χ0) is 15.7. The molecule has 1 heterocycles. The molecule has 0 radical (unpaired) electrons. The van der Waals surface area contributed by atoms with Gasteiger partial charge in [0.15, 0.2) is 0 Å². The van der Waals surface area contributed by atoms with Crippen molar-refractivity contribution >= 4 is 11.0 Å². The van der Waals surface area contributed by atoms with E-state index in [9.17, 15) is 14.8 Å². The number of methoxy groups -OCH3 is 1. The van der Waals surface area contributed by atoms with Crippen molar-refractivity contribution in [2.45, 2.75) is 6.54 Å². The van der Waals surface area contributed by atoms with Crippen LogP contribution < -0.4 is 15.9 Å². The summed E-state index contributed by atoms with van der Waals surface area (Å²) >= 11 is 0. The summed E-state index contributed by atoms with van der Waals surface area (Å²) in [4.78, 5) is 24.1. The van der Waals surface area contributed by atoms with E-state index >= 15 is 0 Å². The van der Waals surface area contributed by atoms with Gasteiger partial charge in [-0.3, -0.25) is 14.2 Å². The van der Waals surface area contributed by atoms with Crippen LogP contribution in [0.15, 0.2) is 58.1 Å². The molecule has 0 saturated heterocycles. The molecule has 1 N–H and O–H groups in total. The summed E-state index contributed by atoms with van der Waals surface area (Å²) < 4.78 is 7.00. The number of para-hydroxylation sites is 3. The molecule has 0 bridgehead atoms. The fourth-order valence-electron chi connectivity index (χ4n) is 2.46. The highest BCUT2D eigenvalue weighted by Gasteiger charge is 2.13. The quantitative estimate of drug-likeness (QED) is 0.587. The first-order chi connectivity index (χ1) is 10.6. The highest BCUT2D eigenvalue weighted by atomic mass is 16.5. The highest BCUT2D eigenvalue weighted by molar-refractivity contribution is 5.74. The van der Waals surface area contributed by atoms with Gasteiger partial charge in [-0.2, -0.15) is 0 Å². The van der Waals surface area contributed by atoms with Crippen LogP contribution in [0.2, 0.25) is 0 Å². The van der Waals surface area contributed by atoms with E-state index in [1.165, 1.54) is 4.57 Å². The lowest BCUT2D eigenvalue weighted by Crippen LogP contribution is -2.41. The summed E-state index contributed by atoms with van der Waals surface area (Å²) in [5.41, 5.74) is -0.240. The summed E-state index contributed by atoms with van der Waals surface area (Å²) in [6.45, 7) is 0.180. The minimum atomic E-state index is -0.978. The van der Waals surface area contributed by atoms with Crippen molar-refractivity contribution < 1.29 is 9.94 Å². The minimum Gasteiger partial charge on any atom is -0.496 e. The van der Waals surface area contributed by atoms with E-state index in [2.05, 4.69) is 0 Å². The average Bonchev–Trinajstić information content (AvgIpc) is 2.57. The van der Waals surface area contributed by atoms with Gasteiger partial charge < -0.3 is 9.94 Å². The van der Waals surface area contributed by atoms with Crippen molar-refractivity contribution in [3.63, 3.8) is 0 Å². The van der Waals surface area contributed by atoms with E-state index in [0.29, 0.717) is 16.0 Å². The Balaban J connectivity index is 2.28. The molecule has 6 heteroatoms. The summed E-state index contributed by atoms with van der Waals surface area (Å²) in [6, 6.07) is 14.0. The van der Waals surface area contributed by atoms with Crippen LogP contribution >= 0.6 is 0 Å². The number of ether oxygens (including phenoxy) is 1. The van der Waals surface area contributed by atoms with Crippen LogP contribution in [0.5, 0.6) is 5.75 Å². The lowest BCUT2D eigenvalue weighted by atomic mass is 10.2. The number of aromatic nitrogens is 2. The van der Waals surface area contributed by atoms with Gasteiger partial charge in [0, 0.05) is 5.56 Å². The van der Waals surface area contributed by atoms with Crippen LogP contribution in [-0.4, -0.2) is 21.6 Å². The second-order valence-electron chi connectivity index (χ2n) is 4.81. The molecule has 0 saturated carbocycles. The Morgan fingerprint density at radius 1 is 0.955 bits per heavy atom. The Bertz CT molecular complexity index is 956. The fourth-order valence-corrected chi connectivity index (χ4v) is 2.46. The lowest BCUT2D eigenvalue weighted by molar-refractivity contribution is 0.185. The largest absolute Gasteiger partial charge is 0.496 e. The monoisotopic (exact) mass is 298 g/mol. The van der Waals surface area contributed by atoms with Gasteiger partial charge in [0.2, 0.25) is 0 Å².